The fraction of sp³-hybridized carbons (Fsp3) is 1.00. The monoisotopic (exact) mass is 227 g/mol. The number of nitrogens with zero attached hydrogens (tertiary/aromatic N) is 2. The van der Waals surface area contributed by atoms with Gasteiger partial charge in [-0.1, -0.05) is 6.92 Å². The van der Waals surface area contributed by atoms with Gasteiger partial charge in [-0.2, -0.15) is 0 Å². The normalized spacial score (nSPS) is 38.1. The molecule has 4 nitrogen and oxygen atoms in total. The molecule has 0 aromatic carbocycles. The Morgan fingerprint density at radius 2 is 2.25 bits per heavy atom. The highest BCUT2D eigenvalue weighted by Crippen LogP contribution is 2.28. The van der Waals surface area contributed by atoms with E-state index in [2.05, 4.69) is 23.8 Å². The van der Waals surface area contributed by atoms with Crippen molar-refractivity contribution in [2.75, 3.05) is 46.4 Å². The maximum Gasteiger partial charge on any atom is 0.0663 e. The van der Waals surface area contributed by atoms with Crippen molar-refractivity contribution in [2.24, 2.45) is 5.73 Å². The first-order valence-corrected chi connectivity index (χ1v) is 6.45. The van der Waals surface area contributed by atoms with Gasteiger partial charge in [-0.15, -0.1) is 0 Å². The lowest BCUT2D eigenvalue weighted by Crippen LogP contribution is -2.62. The number of nitrogens with two attached hydrogens (primary N) is 1. The number of hydrogen-bond donors (Lipinski definition) is 1. The van der Waals surface area contributed by atoms with Gasteiger partial charge in [0.25, 0.3) is 0 Å². The minimum Gasteiger partial charge on any atom is -0.379 e. The first kappa shape index (κ1) is 12.3. The summed E-state index contributed by atoms with van der Waals surface area (Å²) in [5, 5.41) is 0. The summed E-state index contributed by atoms with van der Waals surface area (Å²) in [4.78, 5) is 5.05. The van der Waals surface area contributed by atoms with Gasteiger partial charge in [0.2, 0.25) is 0 Å². The van der Waals surface area contributed by atoms with Gasteiger partial charge in [0.05, 0.1) is 12.1 Å². The van der Waals surface area contributed by atoms with Gasteiger partial charge in [-0.3, -0.25) is 4.90 Å². The first-order valence-electron chi connectivity index (χ1n) is 6.45. The van der Waals surface area contributed by atoms with E-state index in [-0.39, 0.29) is 5.54 Å². The Morgan fingerprint density at radius 3 is 2.81 bits per heavy atom. The van der Waals surface area contributed by atoms with Gasteiger partial charge >= 0.3 is 0 Å². The van der Waals surface area contributed by atoms with Crippen molar-refractivity contribution >= 4 is 0 Å². The number of hydrogen-bond acceptors (Lipinski definition) is 4. The molecule has 2 rings (SSSR count). The third-order valence-corrected chi connectivity index (χ3v) is 4.38. The van der Waals surface area contributed by atoms with E-state index in [4.69, 9.17) is 10.5 Å². The first-order chi connectivity index (χ1) is 7.72. The Labute approximate surface area is 98.7 Å². The fourth-order valence-corrected chi connectivity index (χ4v) is 2.95. The summed E-state index contributed by atoms with van der Waals surface area (Å²) < 4.78 is 5.57. The zero-order chi connectivity index (χ0) is 11.6. The molecule has 16 heavy (non-hydrogen) atoms. The second-order valence-corrected chi connectivity index (χ2v) is 5.22. The molecular weight excluding hydrogens is 202 g/mol. The van der Waals surface area contributed by atoms with Crippen molar-refractivity contribution in [3.63, 3.8) is 0 Å². The highest BCUT2D eigenvalue weighted by atomic mass is 16.5. The molecule has 0 bridgehead atoms. The van der Waals surface area contributed by atoms with Crippen molar-refractivity contribution in [2.45, 2.75) is 31.3 Å². The standard InChI is InChI=1S/C12H25N3O/c1-3-11-8-15(6-5-14(11)2)12(9-13)4-7-16-10-12/h11H,3-10,13H2,1-2H3. The summed E-state index contributed by atoms with van der Waals surface area (Å²) in [6, 6.07) is 0.678. The molecule has 2 unspecified atom stereocenters. The molecule has 2 atom stereocenters. The lowest BCUT2D eigenvalue weighted by atomic mass is 9.93. The number of ether oxygens (including phenoxy) is 1. The minimum atomic E-state index is 0.134. The Hall–Kier alpha value is -0.160. The van der Waals surface area contributed by atoms with Crippen LogP contribution in [0.5, 0.6) is 0 Å². The van der Waals surface area contributed by atoms with E-state index in [0.717, 1.165) is 45.8 Å². The summed E-state index contributed by atoms with van der Waals surface area (Å²) in [6.07, 6.45) is 2.32. The largest absolute Gasteiger partial charge is 0.379 e. The number of rotatable bonds is 3. The summed E-state index contributed by atoms with van der Waals surface area (Å²) in [5.41, 5.74) is 6.12. The Bertz CT molecular complexity index is 228. The van der Waals surface area contributed by atoms with Crippen LogP contribution in [-0.4, -0.2) is 67.8 Å². The number of likely N-dealkylation sites (N-methyl/N-ethyl adjacent to an activating group) is 1. The summed E-state index contributed by atoms with van der Waals surface area (Å²) in [6.45, 7) is 8.13. The molecule has 94 valence electrons. The zero-order valence-corrected chi connectivity index (χ0v) is 10.6. The van der Waals surface area contributed by atoms with E-state index in [1.54, 1.807) is 0 Å². The molecule has 2 saturated heterocycles. The molecule has 4 heteroatoms. The molecule has 0 spiro atoms. The molecule has 0 aliphatic carbocycles. The van der Waals surface area contributed by atoms with Crippen LogP contribution < -0.4 is 5.73 Å². The molecular formula is C12H25N3O. The van der Waals surface area contributed by atoms with Gasteiger partial charge < -0.3 is 15.4 Å². The smallest absolute Gasteiger partial charge is 0.0663 e. The van der Waals surface area contributed by atoms with E-state index in [1.807, 2.05) is 0 Å². The van der Waals surface area contributed by atoms with Gasteiger partial charge in [-0.05, 0) is 19.9 Å². The molecule has 0 aromatic heterocycles. The molecule has 2 heterocycles. The van der Waals surface area contributed by atoms with Gasteiger partial charge in [0, 0.05) is 38.8 Å². The average molecular weight is 227 g/mol. The van der Waals surface area contributed by atoms with Crippen LogP contribution >= 0.6 is 0 Å². The molecule has 0 saturated carbocycles. The third kappa shape index (κ3) is 2.12. The molecule has 2 N–H and O–H groups in total. The molecule has 2 aliphatic rings. The van der Waals surface area contributed by atoms with Crippen LogP contribution in [0, 0.1) is 0 Å². The molecule has 0 amide bonds. The van der Waals surface area contributed by atoms with Crippen LogP contribution in [0.1, 0.15) is 19.8 Å². The van der Waals surface area contributed by atoms with Crippen LogP contribution in [-0.2, 0) is 4.74 Å². The van der Waals surface area contributed by atoms with Crippen LogP contribution in [0.4, 0.5) is 0 Å². The molecule has 0 radical (unpaired) electrons. The predicted molar refractivity (Wildman–Crippen MR) is 65.5 cm³/mol. The summed E-state index contributed by atoms with van der Waals surface area (Å²) >= 11 is 0. The maximum absolute atomic E-state index is 5.99. The minimum absolute atomic E-state index is 0.134. The Morgan fingerprint density at radius 1 is 1.44 bits per heavy atom. The van der Waals surface area contributed by atoms with Crippen molar-refractivity contribution < 1.29 is 4.74 Å². The van der Waals surface area contributed by atoms with Crippen LogP contribution in [0.3, 0.4) is 0 Å². The van der Waals surface area contributed by atoms with Crippen LogP contribution in [0.2, 0.25) is 0 Å². The second kappa shape index (κ2) is 5.00. The Kier molecular flexibility index (Phi) is 3.85. The van der Waals surface area contributed by atoms with Crippen molar-refractivity contribution in [3.05, 3.63) is 0 Å². The summed E-state index contributed by atoms with van der Waals surface area (Å²) in [7, 11) is 2.23. The van der Waals surface area contributed by atoms with E-state index >= 15 is 0 Å². The van der Waals surface area contributed by atoms with E-state index < -0.39 is 0 Å². The maximum atomic E-state index is 5.99. The average Bonchev–Trinajstić information content (AvgIpc) is 2.79. The fourth-order valence-electron chi connectivity index (χ4n) is 2.95. The van der Waals surface area contributed by atoms with Gasteiger partial charge in [-0.25, -0.2) is 0 Å². The topological polar surface area (TPSA) is 41.7 Å². The predicted octanol–water partition coefficient (Wildman–Crippen LogP) is 0.130. The van der Waals surface area contributed by atoms with Crippen molar-refractivity contribution in [1.29, 1.82) is 0 Å². The van der Waals surface area contributed by atoms with E-state index in [9.17, 15) is 0 Å². The molecule has 2 aliphatic heterocycles. The van der Waals surface area contributed by atoms with Crippen LogP contribution in [0.15, 0.2) is 0 Å². The summed E-state index contributed by atoms with van der Waals surface area (Å²) in [5.74, 6) is 0. The number of piperazine rings is 1. The molecule has 0 aromatic rings. The van der Waals surface area contributed by atoms with Crippen LogP contribution in [0.25, 0.3) is 0 Å². The second-order valence-electron chi connectivity index (χ2n) is 5.22. The van der Waals surface area contributed by atoms with E-state index in [1.165, 1.54) is 6.42 Å². The third-order valence-electron chi connectivity index (χ3n) is 4.38. The van der Waals surface area contributed by atoms with Gasteiger partial charge in [0.1, 0.15) is 0 Å². The SMILES string of the molecule is CCC1CN(C2(CN)CCOC2)CCN1C. The lowest BCUT2D eigenvalue weighted by molar-refractivity contribution is 0.00611. The zero-order valence-electron chi connectivity index (χ0n) is 10.6. The molecule has 2 fully saturated rings. The van der Waals surface area contributed by atoms with Gasteiger partial charge in [0.15, 0.2) is 0 Å². The Balaban J connectivity index is 2.03. The van der Waals surface area contributed by atoms with Crippen molar-refractivity contribution in [3.8, 4) is 0 Å². The highest BCUT2D eigenvalue weighted by molar-refractivity contribution is 4.98. The quantitative estimate of drug-likeness (QED) is 0.744. The lowest BCUT2D eigenvalue weighted by Gasteiger charge is -2.47. The van der Waals surface area contributed by atoms with E-state index in [0.29, 0.717) is 6.04 Å². The highest BCUT2D eigenvalue weighted by Gasteiger charge is 2.41. The van der Waals surface area contributed by atoms with Crippen molar-refractivity contribution in [1.82, 2.24) is 9.80 Å².